The van der Waals surface area contributed by atoms with Gasteiger partial charge in [-0.15, -0.1) is 0 Å². The third kappa shape index (κ3) is 2.59. The number of hydrogen-bond acceptors (Lipinski definition) is 5. The Bertz CT molecular complexity index is 476. The number of benzene rings is 1. The van der Waals surface area contributed by atoms with Gasteiger partial charge in [-0.2, -0.15) is 5.10 Å². The van der Waals surface area contributed by atoms with Crippen LogP contribution in [0.15, 0.2) is 17.2 Å². The van der Waals surface area contributed by atoms with Gasteiger partial charge in [0.25, 0.3) is 0 Å². The highest BCUT2D eigenvalue weighted by Crippen LogP contribution is 2.36. The Hall–Kier alpha value is -1.95. The first-order valence-electron chi connectivity index (χ1n) is 4.67. The predicted molar refractivity (Wildman–Crippen MR) is 60.7 cm³/mol. The smallest absolute Gasteiger partial charge is 0.427 e. The van der Waals surface area contributed by atoms with Gasteiger partial charge in [0, 0.05) is 11.6 Å². The van der Waals surface area contributed by atoms with E-state index in [4.69, 9.17) is 21.1 Å². The van der Waals surface area contributed by atoms with E-state index in [0.717, 1.165) is 0 Å². The maximum atomic E-state index is 10.7. The van der Waals surface area contributed by atoms with Gasteiger partial charge in [-0.3, -0.25) is 0 Å². The summed E-state index contributed by atoms with van der Waals surface area (Å²) in [5.41, 5.74) is 2.76. The fraction of sp³-hybridized carbons (Fsp3) is 0.200. The number of rotatable bonds is 2. The van der Waals surface area contributed by atoms with Crippen LogP contribution < -0.4 is 14.9 Å². The standard InChI is InChI=1S/C10H9ClN2O4/c1-15-10(14)13-12-4-6-2-8-9(3-7(6)11)17-5-16-8/h2-4H,5H2,1H3,(H,13,14)/b12-4+. The van der Waals surface area contributed by atoms with Gasteiger partial charge in [-0.05, 0) is 6.07 Å². The topological polar surface area (TPSA) is 69.2 Å². The van der Waals surface area contributed by atoms with Crippen LogP contribution in [0, 0.1) is 0 Å². The average Bonchev–Trinajstić information content (AvgIpc) is 2.76. The number of amides is 1. The first kappa shape index (κ1) is 11.5. The number of ether oxygens (including phenoxy) is 3. The molecule has 1 N–H and O–H groups in total. The van der Waals surface area contributed by atoms with Crippen molar-refractivity contribution in [1.29, 1.82) is 0 Å². The van der Waals surface area contributed by atoms with Crippen LogP contribution in [0.2, 0.25) is 5.02 Å². The van der Waals surface area contributed by atoms with E-state index in [-0.39, 0.29) is 6.79 Å². The second kappa shape index (κ2) is 4.92. The van der Waals surface area contributed by atoms with Crippen molar-refractivity contribution >= 4 is 23.9 Å². The van der Waals surface area contributed by atoms with Gasteiger partial charge in [-0.25, -0.2) is 10.2 Å². The number of carbonyl (C=O) groups excluding carboxylic acids is 1. The molecule has 0 aromatic heterocycles. The van der Waals surface area contributed by atoms with E-state index in [1.807, 2.05) is 0 Å². The third-order valence-electron chi connectivity index (χ3n) is 2.04. The van der Waals surface area contributed by atoms with Crippen LogP contribution in [0.25, 0.3) is 0 Å². The number of nitrogens with one attached hydrogen (secondary N) is 1. The normalized spacial score (nSPS) is 12.8. The van der Waals surface area contributed by atoms with Crippen LogP contribution in [-0.2, 0) is 4.74 Å². The number of nitrogens with zero attached hydrogens (tertiary/aromatic N) is 1. The number of halogens is 1. The maximum absolute atomic E-state index is 10.7. The summed E-state index contributed by atoms with van der Waals surface area (Å²) < 4.78 is 14.7. The number of hydrogen-bond donors (Lipinski definition) is 1. The van der Waals surface area contributed by atoms with Crippen LogP contribution in [-0.4, -0.2) is 26.2 Å². The minimum Gasteiger partial charge on any atom is -0.454 e. The lowest BCUT2D eigenvalue weighted by Crippen LogP contribution is -2.16. The van der Waals surface area contributed by atoms with Crippen molar-refractivity contribution in [2.45, 2.75) is 0 Å². The zero-order valence-electron chi connectivity index (χ0n) is 8.90. The van der Waals surface area contributed by atoms with Gasteiger partial charge in [-0.1, -0.05) is 11.6 Å². The Balaban J connectivity index is 2.13. The summed E-state index contributed by atoms with van der Waals surface area (Å²) in [5.74, 6) is 1.18. The van der Waals surface area contributed by atoms with E-state index in [9.17, 15) is 4.79 Å². The summed E-state index contributed by atoms with van der Waals surface area (Å²) in [6.45, 7) is 0.173. The van der Waals surface area contributed by atoms with E-state index in [2.05, 4.69) is 15.3 Å². The largest absolute Gasteiger partial charge is 0.454 e. The first-order chi connectivity index (χ1) is 8.20. The first-order valence-corrected chi connectivity index (χ1v) is 5.04. The molecule has 90 valence electrons. The van der Waals surface area contributed by atoms with Crippen molar-refractivity contribution in [3.63, 3.8) is 0 Å². The summed E-state index contributed by atoms with van der Waals surface area (Å²) in [5, 5.41) is 4.12. The lowest BCUT2D eigenvalue weighted by molar-refractivity contribution is 0.171. The van der Waals surface area contributed by atoms with Crippen molar-refractivity contribution in [3.05, 3.63) is 22.7 Å². The SMILES string of the molecule is COC(=O)N/N=C/c1cc2c(cc1Cl)OCO2. The summed E-state index contributed by atoms with van der Waals surface area (Å²) in [7, 11) is 1.25. The molecule has 0 bridgehead atoms. The number of fused-ring (bicyclic) bond motifs is 1. The molecule has 17 heavy (non-hydrogen) atoms. The molecule has 0 fully saturated rings. The van der Waals surface area contributed by atoms with E-state index in [1.54, 1.807) is 12.1 Å². The molecule has 0 spiro atoms. The number of carbonyl (C=O) groups is 1. The highest BCUT2D eigenvalue weighted by molar-refractivity contribution is 6.33. The molecule has 1 aromatic carbocycles. The lowest BCUT2D eigenvalue weighted by Gasteiger charge is -2.01. The fourth-order valence-corrected chi connectivity index (χ4v) is 1.43. The van der Waals surface area contributed by atoms with Crippen LogP contribution in [0.4, 0.5) is 4.79 Å². The Morgan fingerprint density at radius 3 is 2.94 bits per heavy atom. The Morgan fingerprint density at radius 2 is 2.24 bits per heavy atom. The van der Waals surface area contributed by atoms with Crippen LogP contribution >= 0.6 is 11.6 Å². The molecule has 0 radical (unpaired) electrons. The molecular weight excluding hydrogens is 248 g/mol. The van der Waals surface area contributed by atoms with Crippen LogP contribution in [0.5, 0.6) is 11.5 Å². The fourth-order valence-electron chi connectivity index (χ4n) is 1.23. The summed E-state index contributed by atoms with van der Waals surface area (Å²) in [6, 6.07) is 3.30. The van der Waals surface area contributed by atoms with Crippen LogP contribution in [0.3, 0.4) is 0 Å². The van der Waals surface area contributed by atoms with Crippen molar-refractivity contribution in [1.82, 2.24) is 5.43 Å². The second-order valence-electron chi connectivity index (χ2n) is 3.09. The summed E-state index contributed by atoms with van der Waals surface area (Å²) in [6.07, 6.45) is 0.736. The van der Waals surface area contributed by atoms with E-state index >= 15 is 0 Å². The van der Waals surface area contributed by atoms with Gasteiger partial charge in [0.2, 0.25) is 6.79 Å². The molecule has 0 saturated heterocycles. The molecule has 1 amide bonds. The van der Waals surface area contributed by atoms with Gasteiger partial charge in [0.15, 0.2) is 11.5 Å². The second-order valence-corrected chi connectivity index (χ2v) is 3.50. The highest BCUT2D eigenvalue weighted by atomic mass is 35.5. The molecular formula is C10H9ClN2O4. The minimum absolute atomic E-state index is 0.173. The molecule has 1 aliphatic heterocycles. The summed E-state index contributed by atoms with van der Waals surface area (Å²) >= 11 is 5.99. The molecule has 1 heterocycles. The average molecular weight is 257 g/mol. The van der Waals surface area contributed by atoms with Crippen molar-refractivity contribution in [2.75, 3.05) is 13.9 Å². The molecule has 6 nitrogen and oxygen atoms in total. The molecule has 0 unspecified atom stereocenters. The zero-order valence-corrected chi connectivity index (χ0v) is 9.65. The molecule has 7 heteroatoms. The van der Waals surface area contributed by atoms with Crippen molar-refractivity contribution in [3.8, 4) is 11.5 Å². The Labute approximate surface area is 102 Å². The molecule has 1 aromatic rings. The van der Waals surface area contributed by atoms with E-state index in [1.165, 1.54) is 13.3 Å². The highest BCUT2D eigenvalue weighted by Gasteiger charge is 2.15. The van der Waals surface area contributed by atoms with Gasteiger partial charge in [0.1, 0.15) is 0 Å². The van der Waals surface area contributed by atoms with Gasteiger partial charge in [0.05, 0.1) is 18.3 Å². The van der Waals surface area contributed by atoms with Crippen molar-refractivity contribution < 1.29 is 19.0 Å². The van der Waals surface area contributed by atoms with Gasteiger partial charge >= 0.3 is 6.09 Å². The molecule has 0 atom stereocenters. The maximum Gasteiger partial charge on any atom is 0.427 e. The molecule has 1 aliphatic rings. The molecule has 2 rings (SSSR count). The Kier molecular flexibility index (Phi) is 3.34. The lowest BCUT2D eigenvalue weighted by atomic mass is 10.2. The molecule has 0 saturated carbocycles. The van der Waals surface area contributed by atoms with Crippen molar-refractivity contribution in [2.24, 2.45) is 5.10 Å². The Morgan fingerprint density at radius 1 is 1.53 bits per heavy atom. The quantitative estimate of drug-likeness (QED) is 0.647. The summed E-state index contributed by atoms with van der Waals surface area (Å²) in [4.78, 5) is 10.7. The van der Waals surface area contributed by atoms with E-state index in [0.29, 0.717) is 22.1 Å². The minimum atomic E-state index is -0.655. The third-order valence-corrected chi connectivity index (χ3v) is 2.36. The van der Waals surface area contributed by atoms with E-state index < -0.39 is 6.09 Å². The zero-order chi connectivity index (χ0) is 12.3. The number of methoxy groups -OCH3 is 1. The van der Waals surface area contributed by atoms with Crippen LogP contribution in [0.1, 0.15) is 5.56 Å². The number of hydrazone groups is 1. The molecule has 0 aliphatic carbocycles. The monoisotopic (exact) mass is 256 g/mol. The predicted octanol–water partition coefficient (Wildman–Crippen LogP) is 1.76. The van der Waals surface area contributed by atoms with Gasteiger partial charge < -0.3 is 14.2 Å².